The molecule has 1 aromatic rings. The smallest absolute Gasteiger partial charge is 0.244 e. The van der Waals surface area contributed by atoms with Crippen molar-refractivity contribution < 1.29 is 0 Å². The zero-order valence-electron chi connectivity index (χ0n) is 12.2. The van der Waals surface area contributed by atoms with Gasteiger partial charge in [-0.2, -0.15) is 16.7 Å². The molecule has 2 aliphatic heterocycles. The molecule has 0 spiro atoms. The van der Waals surface area contributed by atoms with E-state index in [1.54, 1.807) is 0 Å². The quantitative estimate of drug-likeness (QED) is 0.890. The zero-order valence-corrected chi connectivity index (χ0v) is 13.0. The average Bonchev–Trinajstić information content (AvgIpc) is 2.91. The number of H-pyrrole nitrogens is 1. The lowest BCUT2D eigenvalue weighted by atomic mass is 9.98. The van der Waals surface area contributed by atoms with Crippen LogP contribution in [-0.2, 0) is 6.42 Å². The van der Waals surface area contributed by atoms with E-state index in [4.69, 9.17) is 10.7 Å². The summed E-state index contributed by atoms with van der Waals surface area (Å²) in [5.74, 6) is 5.25. The second kappa shape index (κ2) is 6.35. The summed E-state index contributed by atoms with van der Waals surface area (Å²) in [6.45, 7) is 3.20. The Bertz CT molecular complexity index is 429. The summed E-state index contributed by atoms with van der Waals surface area (Å²) in [4.78, 5) is 6.96. The van der Waals surface area contributed by atoms with Gasteiger partial charge in [-0.3, -0.25) is 5.10 Å². The van der Waals surface area contributed by atoms with Crippen LogP contribution in [0.2, 0.25) is 0 Å². The van der Waals surface area contributed by atoms with E-state index >= 15 is 0 Å². The van der Waals surface area contributed by atoms with Gasteiger partial charge in [-0.1, -0.05) is 0 Å². The van der Waals surface area contributed by atoms with Gasteiger partial charge in [0.1, 0.15) is 5.82 Å². The minimum atomic E-state index is 0.237. The lowest BCUT2D eigenvalue weighted by molar-refractivity contribution is 0.415. The molecule has 0 radical (unpaired) electrons. The van der Waals surface area contributed by atoms with Gasteiger partial charge < -0.3 is 10.6 Å². The molecule has 0 aliphatic carbocycles. The van der Waals surface area contributed by atoms with Gasteiger partial charge >= 0.3 is 0 Å². The van der Waals surface area contributed by atoms with Crippen LogP contribution in [0.25, 0.3) is 0 Å². The lowest BCUT2D eigenvalue weighted by Gasteiger charge is -2.36. The van der Waals surface area contributed by atoms with E-state index in [2.05, 4.69) is 33.8 Å². The van der Waals surface area contributed by atoms with E-state index in [-0.39, 0.29) is 6.04 Å². The zero-order chi connectivity index (χ0) is 13.9. The molecular formula is C14H25N5S. The molecule has 20 heavy (non-hydrogen) atoms. The highest BCUT2D eigenvalue weighted by molar-refractivity contribution is 7.99. The van der Waals surface area contributed by atoms with E-state index in [0.717, 1.165) is 43.5 Å². The molecule has 2 atom stereocenters. The molecule has 5 nitrogen and oxygen atoms in total. The Morgan fingerprint density at radius 2 is 2.15 bits per heavy atom. The first-order chi connectivity index (χ1) is 9.74. The van der Waals surface area contributed by atoms with Gasteiger partial charge in [-0.05, 0) is 50.0 Å². The number of hydrogen-bond acceptors (Lipinski definition) is 5. The predicted molar refractivity (Wildman–Crippen MR) is 84.2 cm³/mol. The van der Waals surface area contributed by atoms with Crippen molar-refractivity contribution >= 4 is 17.7 Å². The fourth-order valence-corrected chi connectivity index (χ4v) is 4.39. The maximum Gasteiger partial charge on any atom is 0.244 e. The lowest BCUT2D eigenvalue weighted by Crippen LogP contribution is -2.51. The molecule has 3 N–H and O–H groups in total. The van der Waals surface area contributed by atoms with Crippen molar-refractivity contribution in [1.29, 1.82) is 0 Å². The third-order valence-corrected chi connectivity index (χ3v) is 5.70. The second-order valence-corrected chi connectivity index (χ2v) is 7.31. The third-order valence-electron chi connectivity index (χ3n) is 4.65. The van der Waals surface area contributed by atoms with Crippen molar-refractivity contribution in [1.82, 2.24) is 15.2 Å². The highest BCUT2D eigenvalue weighted by Gasteiger charge is 2.28. The van der Waals surface area contributed by atoms with Gasteiger partial charge in [0, 0.05) is 25.0 Å². The van der Waals surface area contributed by atoms with Crippen molar-refractivity contribution in [3.05, 3.63) is 5.82 Å². The molecule has 2 saturated heterocycles. The summed E-state index contributed by atoms with van der Waals surface area (Å²) in [5.41, 5.74) is 6.15. The molecule has 2 unspecified atom stereocenters. The molecule has 0 saturated carbocycles. The largest absolute Gasteiger partial charge is 0.335 e. The van der Waals surface area contributed by atoms with E-state index in [1.807, 2.05) is 0 Å². The summed E-state index contributed by atoms with van der Waals surface area (Å²) in [6.07, 6.45) is 5.91. The molecule has 2 aliphatic rings. The molecule has 1 aromatic heterocycles. The summed E-state index contributed by atoms with van der Waals surface area (Å²) in [7, 11) is 0. The van der Waals surface area contributed by atoms with E-state index in [1.165, 1.54) is 24.3 Å². The summed E-state index contributed by atoms with van der Waals surface area (Å²) < 4.78 is 0. The van der Waals surface area contributed by atoms with Gasteiger partial charge in [0.05, 0.1) is 0 Å². The Kier molecular flexibility index (Phi) is 4.51. The molecular weight excluding hydrogens is 270 g/mol. The molecule has 2 fully saturated rings. The number of aromatic amines is 1. The van der Waals surface area contributed by atoms with Gasteiger partial charge in [-0.15, -0.1) is 5.10 Å². The number of nitrogens with two attached hydrogens (primary N) is 1. The highest BCUT2D eigenvalue weighted by Crippen LogP contribution is 2.26. The summed E-state index contributed by atoms with van der Waals surface area (Å²) in [6, 6.07) is 0.569. The average molecular weight is 295 g/mol. The molecule has 3 rings (SSSR count). The molecule has 0 amide bonds. The highest BCUT2D eigenvalue weighted by atomic mass is 32.2. The Hall–Kier alpha value is -0.750. The Morgan fingerprint density at radius 3 is 2.95 bits per heavy atom. The standard InChI is InChI=1S/C14H25N5S/c1-10-12(15)3-2-6-19(10)14-16-13(17-18-14)9-11-4-7-20-8-5-11/h10-12H,2-9,15H2,1H3,(H,16,17,18). The van der Waals surface area contributed by atoms with Crippen molar-refractivity contribution in [3.63, 3.8) is 0 Å². The van der Waals surface area contributed by atoms with E-state index < -0.39 is 0 Å². The van der Waals surface area contributed by atoms with Gasteiger partial charge in [0.15, 0.2) is 0 Å². The Labute approximate surface area is 125 Å². The fraction of sp³-hybridized carbons (Fsp3) is 0.857. The number of aromatic nitrogens is 3. The number of anilines is 1. The van der Waals surface area contributed by atoms with Crippen LogP contribution in [0.15, 0.2) is 0 Å². The van der Waals surface area contributed by atoms with Gasteiger partial charge in [0.25, 0.3) is 0 Å². The maximum atomic E-state index is 6.15. The first-order valence-electron chi connectivity index (χ1n) is 7.75. The number of thioether (sulfide) groups is 1. The Balaban J connectivity index is 1.63. The molecule has 0 bridgehead atoms. The molecule has 3 heterocycles. The minimum absolute atomic E-state index is 0.237. The molecule has 6 heteroatoms. The van der Waals surface area contributed by atoms with Gasteiger partial charge in [-0.25, -0.2) is 0 Å². The first kappa shape index (κ1) is 14.2. The summed E-state index contributed by atoms with van der Waals surface area (Å²) >= 11 is 2.07. The monoisotopic (exact) mass is 295 g/mol. The number of piperidine rings is 1. The van der Waals surface area contributed by atoms with Crippen LogP contribution in [0.3, 0.4) is 0 Å². The van der Waals surface area contributed by atoms with Crippen LogP contribution < -0.4 is 10.6 Å². The number of rotatable bonds is 3. The summed E-state index contributed by atoms with van der Waals surface area (Å²) in [5, 5.41) is 7.55. The number of hydrogen-bond donors (Lipinski definition) is 2. The van der Waals surface area contributed by atoms with Crippen molar-refractivity contribution in [2.75, 3.05) is 23.0 Å². The van der Waals surface area contributed by atoms with Crippen LogP contribution in [0.5, 0.6) is 0 Å². The topological polar surface area (TPSA) is 70.8 Å². The maximum absolute atomic E-state index is 6.15. The van der Waals surface area contributed by atoms with Gasteiger partial charge in [0.2, 0.25) is 5.95 Å². The third kappa shape index (κ3) is 3.11. The fourth-order valence-electron chi connectivity index (χ4n) is 3.18. The normalized spacial score (nSPS) is 28.8. The molecule has 112 valence electrons. The number of nitrogens with zero attached hydrogens (tertiary/aromatic N) is 3. The van der Waals surface area contributed by atoms with E-state index in [9.17, 15) is 0 Å². The second-order valence-electron chi connectivity index (χ2n) is 6.08. The Morgan fingerprint density at radius 1 is 1.35 bits per heavy atom. The van der Waals surface area contributed by atoms with E-state index in [0.29, 0.717) is 6.04 Å². The van der Waals surface area contributed by atoms with Crippen LogP contribution in [0, 0.1) is 5.92 Å². The van der Waals surface area contributed by atoms with Crippen LogP contribution in [0.4, 0.5) is 5.95 Å². The van der Waals surface area contributed by atoms with Crippen LogP contribution in [-0.4, -0.2) is 45.3 Å². The van der Waals surface area contributed by atoms with Crippen LogP contribution in [0.1, 0.15) is 38.4 Å². The minimum Gasteiger partial charge on any atom is -0.335 e. The molecule has 0 aromatic carbocycles. The van der Waals surface area contributed by atoms with Crippen LogP contribution >= 0.6 is 11.8 Å². The number of nitrogens with one attached hydrogen (secondary N) is 1. The SMILES string of the molecule is CC1C(N)CCCN1c1n[nH]c(CC2CCSCC2)n1. The van der Waals surface area contributed by atoms with Crippen molar-refractivity contribution in [2.45, 2.75) is 51.1 Å². The van der Waals surface area contributed by atoms with Crippen molar-refractivity contribution in [2.24, 2.45) is 11.7 Å². The van der Waals surface area contributed by atoms with Crippen molar-refractivity contribution in [3.8, 4) is 0 Å². The first-order valence-corrected chi connectivity index (χ1v) is 8.91. The predicted octanol–water partition coefficient (Wildman–Crippen LogP) is 1.81.